The van der Waals surface area contributed by atoms with Gasteiger partial charge in [-0.2, -0.15) is 4.31 Å². The second-order valence-corrected chi connectivity index (χ2v) is 8.45. The molecule has 106 valence electrons. The summed E-state index contributed by atoms with van der Waals surface area (Å²) in [6.07, 6.45) is 1.78. The maximum absolute atomic E-state index is 12.5. The van der Waals surface area contributed by atoms with E-state index in [1.54, 1.807) is 18.2 Å². The summed E-state index contributed by atoms with van der Waals surface area (Å²) in [6.45, 7) is 1.12. The van der Waals surface area contributed by atoms with Gasteiger partial charge in [0.1, 0.15) is 4.90 Å². The van der Waals surface area contributed by atoms with Crippen molar-refractivity contribution in [1.82, 2.24) is 4.31 Å². The Hall–Kier alpha value is 0.380. The Morgan fingerprint density at radius 2 is 1.95 bits per heavy atom. The fourth-order valence-corrected chi connectivity index (χ4v) is 5.26. The van der Waals surface area contributed by atoms with Crippen LogP contribution in [0.1, 0.15) is 12.8 Å². The van der Waals surface area contributed by atoms with Gasteiger partial charge >= 0.3 is 0 Å². The third-order valence-corrected chi connectivity index (χ3v) is 7.09. The van der Waals surface area contributed by atoms with Gasteiger partial charge < -0.3 is 0 Å². The third kappa shape index (κ3) is 3.53. The standard InChI is InChI=1S/C12H14Br2ClNO2S/c13-8-9-3-5-16(6-4-9)19(17,18)12-2-1-10(14)7-11(12)15/h1-2,7,9H,3-6,8H2. The Morgan fingerprint density at radius 3 is 2.47 bits per heavy atom. The molecule has 0 atom stereocenters. The predicted molar refractivity (Wildman–Crippen MR) is 84.4 cm³/mol. The van der Waals surface area contributed by atoms with E-state index in [0.29, 0.717) is 19.0 Å². The molecular weight excluding hydrogens is 417 g/mol. The van der Waals surface area contributed by atoms with E-state index in [-0.39, 0.29) is 9.92 Å². The van der Waals surface area contributed by atoms with Gasteiger partial charge in [0.25, 0.3) is 0 Å². The van der Waals surface area contributed by atoms with E-state index in [2.05, 4.69) is 31.9 Å². The molecule has 3 nitrogen and oxygen atoms in total. The first-order valence-electron chi connectivity index (χ1n) is 5.96. The van der Waals surface area contributed by atoms with Crippen molar-refractivity contribution in [2.24, 2.45) is 5.92 Å². The first kappa shape index (κ1) is 15.8. The van der Waals surface area contributed by atoms with E-state index >= 15 is 0 Å². The predicted octanol–water partition coefficient (Wildman–Crippen LogP) is 3.90. The van der Waals surface area contributed by atoms with Gasteiger partial charge in [0.05, 0.1) is 5.02 Å². The molecule has 19 heavy (non-hydrogen) atoms. The highest BCUT2D eigenvalue weighted by Gasteiger charge is 2.30. The minimum absolute atomic E-state index is 0.189. The van der Waals surface area contributed by atoms with Crippen LogP contribution >= 0.6 is 43.5 Å². The van der Waals surface area contributed by atoms with Crippen LogP contribution in [-0.4, -0.2) is 31.1 Å². The lowest BCUT2D eigenvalue weighted by atomic mass is 10.0. The second-order valence-electron chi connectivity index (χ2n) is 4.58. The van der Waals surface area contributed by atoms with Crippen LogP contribution in [0.15, 0.2) is 27.6 Å². The molecule has 2 rings (SSSR count). The largest absolute Gasteiger partial charge is 0.244 e. The van der Waals surface area contributed by atoms with Crippen LogP contribution in [0.3, 0.4) is 0 Å². The molecule has 7 heteroatoms. The summed E-state index contributed by atoms with van der Waals surface area (Å²) in [6, 6.07) is 4.86. The summed E-state index contributed by atoms with van der Waals surface area (Å²) in [5, 5.41) is 1.19. The molecule has 1 fully saturated rings. The zero-order valence-electron chi connectivity index (χ0n) is 10.2. The summed E-state index contributed by atoms with van der Waals surface area (Å²) < 4.78 is 27.4. The molecule has 1 saturated heterocycles. The summed E-state index contributed by atoms with van der Waals surface area (Å²) in [5.74, 6) is 0.562. The van der Waals surface area contributed by atoms with Gasteiger partial charge in [0.2, 0.25) is 10.0 Å². The van der Waals surface area contributed by atoms with Crippen molar-refractivity contribution in [2.45, 2.75) is 17.7 Å². The van der Waals surface area contributed by atoms with Gasteiger partial charge in [-0.3, -0.25) is 0 Å². The third-order valence-electron chi connectivity index (χ3n) is 3.30. The van der Waals surface area contributed by atoms with Crippen LogP contribution in [0, 0.1) is 5.92 Å². The zero-order valence-corrected chi connectivity index (χ0v) is 14.9. The number of piperidine rings is 1. The fraction of sp³-hybridized carbons (Fsp3) is 0.500. The minimum atomic E-state index is -3.48. The molecule has 0 aliphatic carbocycles. The number of sulfonamides is 1. The first-order chi connectivity index (χ1) is 8.95. The van der Waals surface area contributed by atoms with Crippen LogP contribution in [0.25, 0.3) is 0 Å². The molecule has 1 heterocycles. The monoisotopic (exact) mass is 429 g/mol. The van der Waals surface area contributed by atoms with Crippen LogP contribution in [-0.2, 0) is 10.0 Å². The molecule has 1 aliphatic heterocycles. The van der Waals surface area contributed by atoms with Crippen molar-refractivity contribution < 1.29 is 8.42 Å². The molecule has 1 aromatic rings. The SMILES string of the molecule is O=S(=O)(c1ccc(Br)cc1Cl)N1CCC(CBr)CC1. The van der Waals surface area contributed by atoms with Gasteiger partial charge in [-0.25, -0.2) is 8.42 Å². The van der Waals surface area contributed by atoms with Crippen LogP contribution in [0.2, 0.25) is 5.02 Å². The molecular formula is C12H14Br2ClNO2S. The van der Waals surface area contributed by atoms with Crippen molar-refractivity contribution in [3.63, 3.8) is 0 Å². The van der Waals surface area contributed by atoms with Gasteiger partial charge in [0, 0.05) is 22.9 Å². The molecule has 0 saturated carbocycles. The van der Waals surface area contributed by atoms with Crippen molar-refractivity contribution in [3.8, 4) is 0 Å². The number of benzene rings is 1. The van der Waals surface area contributed by atoms with Crippen molar-refractivity contribution in [2.75, 3.05) is 18.4 Å². The highest BCUT2D eigenvalue weighted by atomic mass is 79.9. The van der Waals surface area contributed by atoms with E-state index in [9.17, 15) is 8.42 Å². The van der Waals surface area contributed by atoms with Gasteiger partial charge in [0.15, 0.2) is 0 Å². The Balaban J connectivity index is 2.23. The van der Waals surface area contributed by atoms with E-state index in [1.807, 2.05) is 0 Å². The molecule has 0 N–H and O–H groups in total. The molecule has 1 aliphatic rings. The molecule has 0 radical (unpaired) electrons. The zero-order chi connectivity index (χ0) is 14.0. The lowest BCUT2D eigenvalue weighted by molar-refractivity contribution is 0.292. The topological polar surface area (TPSA) is 37.4 Å². The maximum Gasteiger partial charge on any atom is 0.244 e. The van der Waals surface area contributed by atoms with Crippen LogP contribution < -0.4 is 0 Å². The average molecular weight is 432 g/mol. The number of halogens is 3. The number of hydrogen-bond donors (Lipinski definition) is 0. The van der Waals surface area contributed by atoms with Crippen molar-refractivity contribution in [3.05, 3.63) is 27.7 Å². The van der Waals surface area contributed by atoms with E-state index < -0.39 is 10.0 Å². The van der Waals surface area contributed by atoms with Crippen LogP contribution in [0.5, 0.6) is 0 Å². The second kappa shape index (κ2) is 6.43. The summed E-state index contributed by atoms with van der Waals surface area (Å²) in [4.78, 5) is 0.189. The van der Waals surface area contributed by atoms with Crippen molar-refractivity contribution in [1.29, 1.82) is 0 Å². The molecule has 0 bridgehead atoms. The minimum Gasteiger partial charge on any atom is -0.207 e. The normalized spacial score (nSPS) is 18.7. The van der Waals surface area contributed by atoms with Gasteiger partial charge in [-0.05, 0) is 37.0 Å². The Labute approximate surface area is 135 Å². The van der Waals surface area contributed by atoms with Crippen LogP contribution in [0.4, 0.5) is 0 Å². The summed E-state index contributed by atoms with van der Waals surface area (Å²) >= 11 is 12.8. The fourth-order valence-electron chi connectivity index (χ4n) is 2.13. The van der Waals surface area contributed by atoms with E-state index in [1.165, 1.54) is 4.31 Å². The smallest absolute Gasteiger partial charge is 0.207 e. The van der Waals surface area contributed by atoms with Crippen molar-refractivity contribution >= 4 is 53.5 Å². The molecule has 0 amide bonds. The Bertz CT molecular complexity index is 557. The van der Waals surface area contributed by atoms with Gasteiger partial charge in [-0.1, -0.05) is 43.5 Å². The first-order valence-corrected chi connectivity index (χ1v) is 9.69. The number of alkyl halides is 1. The molecule has 0 spiro atoms. The summed E-state index contributed by atoms with van der Waals surface area (Å²) in [5.41, 5.74) is 0. The molecule has 0 aromatic heterocycles. The highest BCUT2D eigenvalue weighted by Crippen LogP contribution is 2.30. The molecule has 0 unspecified atom stereocenters. The average Bonchev–Trinajstić information content (AvgIpc) is 2.38. The Morgan fingerprint density at radius 1 is 1.32 bits per heavy atom. The quantitative estimate of drug-likeness (QED) is 0.681. The van der Waals surface area contributed by atoms with E-state index in [0.717, 1.165) is 22.6 Å². The van der Waals surface area contributed by atoms with Gasteiger partial charge in [-0.15, -0.1) is 0 Å². The number of hydrogen-bond acceptors (Lipinski definition) is 2. The summed E-state index contributed by atoms with van der Waals surface area (Å²) in [7, 11) is -3.48. The maximum atomic E-state index is 12.5. The number of nitrogens with zero attached hydrogens (tertiary/aromatic N) is 1. The molecule has 1 aromatic carbocycles. The van der Waals surface area contributed by atoms with E-state index in [4.69, 9.17) is 11.6 Å². The lowest BCUT2D eigenvalue weighted by Crippen LogP contribution is -2.38. The lowest BCUT2D eigenvalue weighted by Gasteiger charge is -2.30. The number of rotatable bonds is 3. The Kier molecular flexibility index (Phi) is 5.34. The highest BCUT2D eigenvalue weighted by molar-refractivity contribution is 9.10.